The number of aryl methyl sites for hydroxylation is 1. The van der Waals surface area contributed by atoms with Crippen LogP contribution >= 0.6 is 19.2 Å². The predicted octanol–water partition coefficient (Wildman–Crippen LogP) is 3.97. The zero-order chi connectivity index (χ0) is 17.0. The molecule has 0 aliphatic carbocycles. The van der Waals surface area contributed by atoms with Crippen LogP contribution in [0.25, 0.3) is 0 Å². The van der Waals surface area contributed by atoms with Gasteiger partial charge in [-0.2, -0.15) is 8.42 Å². The van der Waals surface area contributed by atoms with Gasteiger partial charge in [-0.05, 0) is 39.3 Å². The van der Waals surface area contributed by atoms with E-state index < -0.39 is 30.2 Å². The zero-order valence-electron chi connectivity index (χ0n) is 12.9. The normalized spacial score (nSPS) is 15.0. The van der Waals surface area contributed by atoms with Crippen molar-refractivity contribution in [1.82, 2.24) is 0 Å². The van der Waals surface area contributed by atoms with Crippen molar-refractivity contribution in [2.75, 3.05) is 13.0 Å². The van der Waals surface area contributed by atoms with Crippen molar-refractivity contribution in [2.45, 2.75) is 38.7 Å². The fourth-order valence-corrected chi connectivity index (χ4v) is 5.44. The first kappa shape index (κ1) is 19.6. The first-order valence-electron chi connectivity index (χ1n) is 6.68. The molecule has 0 aromatic heterocycles. The zero-order valence-corrected chi connectivity index (χ0v) is 15.4. The Labute approximate surface area is 136 Å². The summed E-state index contributed by atoms with van der Waals surface area (Å²) in [6.45, 7) is 6.66. The molecule has 9 heteroatoms. The van der Waals surface area contributed by atoms with Crippen LogP contribution in [-0.2, 0) is 27.9 Å². The molecule has 0 radical (unpaired) electrons. The molecule has 0 aliphatic rings. The highest BCUT2D eigenvalue weighted by Gasteiger charge is 2.31. The first-order chi connectivity index (χ1) is 10.1. The standard InChI is InChI=1S/C13H20ClO6PS/c1-5-18-21(15,20-10(2)3)9-19-22(16,17)13-11(4)7-6-8-12(13)14/h6-8,10H,5,9H2,1-4H3. The number of hydrogen-bond donors (Lipinski definition) is 0. The molecule has 0 N–H and O–H groups in total. The molecule has 0 fully saturated rings. The van der Waals surface area contributed by atoms with Crippen molar-refractivity contribution < 1.29 is 26.2 Å². The highest BCUT2D eigenvalue weighted by atomic mass is 35.5. The first-order valence-corrected chi connectivity index (χ1v) is 10.2. The molecule has 22 heavy (non-hydrogen) atoms. The number of halogens is 1. The van der Waals surface area contributed by atoms with E-state index in [1.165, 1.54) is 6.07 Å². The number of rotatable bonds is 8. The van der Waals surface area contributed by atoms with E-state index in [0.29, 0.717) is 5.56 Å². The van der Waals surface area contributed by atoms with Crippen molar-refractivity contribution in [3.05, 3.63) is 28.8 Å². The molecule has 1 atom stereocenters. The van der Waals surface area contributed by atoms with Gasteiger partial charge in [-0.3, -0.25) is 8.75 Å². The van der Waals surface area contributed by atoms with E-state index in [-0.39, 0.29) is 16.5 Å². The fraction of sp³-hybridized carbons (Fsp3) is 0.538. The molecule has 0 aliphatic heterocycles. The summed E-state index contributed by atoms with van der Waals surface area (Å²) in [4.78, 5) is -0.149. The van der Waals surface area contributed by atoms with E-state index in [2.05, 4.69) is 0 Å². The van der Waals surface area contributed by atoms with Crippen LogP contribution in [0.3, 0.4) is 0 Å². The van der Waals surface area contributed by atoms with Gasteiger partial charge in [0.1, 0.15) is 4.90 Å². The molecule has 0 saturated carbocycles. The van der Waals surface area contributed by atoms with Crippen molar-refractivity contribution in [3.63, 3.8) is 0 Å². The van der Waals surface area contributed by atoms with Gasteiger partial charge >= 0.3 is 7.60 Å². The highest BCUT2D eigenvalue weighted by Crippen LogP contribution is 2.49. The van der Waals surface area contributed by atoms with Crippen molar-refractivity contribution in [2.24, 2.45) is 0 Å². The quantitative estimate of drug-likeness (QED) is 0.509. The lowest BCUT2D eigenvalue weighted by molar-refractivity contribution is 0.158. The summed E-state index contributed by atoms with van der Waals surface area (Å²) in [6, 6.07) is 4.66. The molecule has 126 valence electrons. The average molecular weight is 371 g/mol. The molecule has 1 unspecified atom stereocenters. The minimum absolute atomic E-state index is 0.0380. The molecule has 0 bridgehead atoms. The van der Waals surface area contributed by atoms with Crippen LogP contribution in [0.5, 0.6) is 0 Å². The van der Waals surface area contributed by atoms with E-state index in [0.717, 1.165) is 0 Å². The Bertz CT molecular complexity index is 638. The predicted molar refractivity (Wildman–Crippen MR) is 84.8 cm³/mol. The second-order valence-corrected chi connectivity index (χ2v) is 8.68. The summed E-state index contributed by atoms with van der Waals surface area (Å²) in [5.74, 6) is 0. The fourth-order valence-electron chi connectivity index (χ4n) is 1.74. The molecule has 0 heterocycles. The lowest BCUT2D eigenvalue weighted by Gasteiger charge is -2.20. The van der Waals surface area contributed by atoms with Crippen molar-refractivity contribution in [3.8, 4) is 0 Å². The van der Waals surface area contributed by atoms with E-state index in [1.807, 2.05) is 0 Å². The summed E-state index contributed by atoms with van der Waals surface area (Å²) >= 11 is 5.92. The molecule has 1 aromatic rings. The summed E-state index contributed by atoms with van der Waals surface area (Å²) in [6.07, 6.45) is -1.10. The van der Waals surface area contributed by atoms with Gasteiger partial charge < -0.3 is 9.05 Å². The van der Waals surface area contributed by atoms with Crippen LogP contribution < -0.4 is 0 Å². The third kappa shape index (κ3) is 5.33. The number of benzene rings is 1. The Hall–Kier alpha value is -0.430. The Morgan fingerprint density at radius 2 is 1.95 bits per heavy atom. The van der Waals surface area contributed by atoms with Gasteiger partial charge in [-0.15, -0.1) is 0 Å². The molecular formula is C13H20ClO6PS. The summed E-state index contributed by atoms with van der Waals surface area (Å²) in [5.41, 5.74) is 0.434. The average Bonchev–Trinajstić information content (AvgIpc) is 2.35. The molecule has 0 saturated heterocycles. The third-order valence-corrected chi connectivity index (χ3v) is 6.39. The Balaban J connectivity index is 3.00. The summed E-state index contributed by atoms with van der Waals surface area (Å²) < 4.78 is 52.0. The van der Waals surface area contributed by atoms with Crippen LogP contribution in [-0.4, -0.2) is 27.5 Å². The van der Waals surface area contributed by atoms with Gasteiger partial charge in [-0.1, -0.05) is 23.7 Å². The van der Waals surface area contributed by atoms with Gasteiger partial charge in [0.15, 0.2) is 6.35 Å². The van der Waals surface area contributed by atoms with Crippen LogP contribution in [0.1, 0.15) is 26.3 Å². The maximum Gasteiger partial charge on any atom is 0.357 e. The second kappa shape index (κ2) is 7.90. The minimum Gasteiger partial charge on any atom is -0.307 e. The van der Waals surface area contributed by atoms with E-state index >= 15 is 0 Å². The van der Waals surface area contributed by atoms with E-state index in [4.69, 9.17) is 24.8 Å². The maximum absolute atomic E-state index is 12.4. The minimum atomic E-state index is -4.17. The second-order valence-electron chi connectivity index (χ2n) is 4.77. The van der Waals surface area contributed by atoms with E-state index in [1.54, 1.807) is 39.8 Å². The number of hydrogen-bond acceptors (Lipinski definition) is 6. The molecule has 6 nitrogen and oxygen atoms in total. The maximum atomic E-state index is 12.4. The van der Waals surface area contributed by atoms with Crippen molar-refractivity contribution in [1.29, 1.82) is 0 Å². The van der Waals surface area contributed by atoms with Gasteiger partial charge in [0.2, 0.25) is 0 Å². The molecule has 0 spiro atoms. The SMILES string of the molecule is CCOP(=O)(COS(=O)(=O)c1c(C)cccc1Cl)OC(C)C. The van der Waals surface area contributed by atoms with Crippen molar-refractivity contribution >= 4 is 29.3 Å². The Morgan fingerprint density at radius 1 is 1.32 bits per heavy atom. The lowest BCUT2D eigenvalue weighted by atomic mass is 10.2. The van der Waals surface area contributed by atoms with Crippen LogP contribution in [0, 0.1) is 6.92 Å². The summed E-state index contributed by atoms with van der Waals surface area (Å²) in [5, 5.41) is 0.0380. The van der Waals surface area contributed by atoms with Gasteiger partial charge in [0, 0.05) is 0 Å². The van der Waals surface area contributed by atoms with Gasteiger partial charge in [0.05, 0.1) is 17.7 Å². The monoisotopic (exact) mass is 370 g/mol. The Morgan fingerprint density at radius 3 is 2.45 bits per heavy atom. The van der Waals surface area contributed by atoms with Crippen LogP contribution in [0.15, 0.2) is 23.1 Å². The summed E-state index contributed by atoms with van der Waals surface area (Å²) in [7, 11) is -7.84. The highest BCUT2D eigenvalue weighted by molar-refractivity contribution is 7.87. The smallest absolute Gasteiger partial charge is 0.307 e. The molecule has 1 rings (SSSR count). The largest absolute Gasteiger partial charge is 0.357 e. The van der Waals surface area contributed by atoms with Gasteiger partial charge in [0.25, 0.3) is 10.1 Å². The molecular weight excluding hydrogens is 351 g/mol. The van der Waals surface area contributed by atoms with Gasteiger partial charge in [-0.25, -0.2) is 0 Å². The van der Waals surface area contributed by atoms with Crippen LogP contribution in [0.4, 0.5) is 0 Å². The topological polar surface area (TPSA) is 78.9 Å². The van der Waals surface area contributed by atoms with E-state index in [9.17, 15) is 13.0 Å². The Kier molecular flexibility index (Phi) is 7.05. The molecule has 1 aromatic carbocycles. The lowest BCUT2D eigenvalue weighted by Crippen LogP contribution is -2.14. The molecule has 0 amide bonds. The van der Waals surface area contributed by atoms with Crippen LogP contribution in [0.2, 0.25) is 5.02 Å². The third-order valence-electron chi connectivity index (χ3n) is 2.48.